The molecule has 18 heavy (non-hydrogen) atoms. The van der Waals surface area contributed by atoms with Gasteiger partial charge in [-0.1, -0.05) is 0 Å². The van der Waals surface area contributed by atoms with Crippen molar-refractivity contribution in [2.75, 3.05) is 5.32 Å². The minimum atomic E-state index is -1.01. The lowest BCUT2D eigenvalue weighted by Gasteiger charge is -2.05. The summed E-state index contributed by atoms with van der Waals surface area (Å²) in [6, 6.07) is 1.97. The van der Waals surface area contributed by atoms with Gasteiger partial charge in [-0.15, -0.1) is 11.3 Å². The predicted molar refractivity (Wildman–Crippen MR) is 73.1 cm³/mol. The minimum absolute atomic E-state index is 0.123. The Kier molecular flexibility index (Phi) is 3.93. The molecule has 0 aromatic carbocycles. The van der Waals surface area contributed by atoms with Crippen LogP contribution in [-0.4, -0.2) is 21.0 Å². The van der Waals surface area contributed by atoms with Gasteiger partial charge in [0, 0.05) is 15.5 Å². The first-order valence-corrected chi connectivity index (χ1v) is 6.78. The third-order valence-corrected chi connectivity index (χ3v) is 4.23. The van der Waals surface area contributed by atoms with Gasteiger partial charge in [-0.05, 0) is 34.3 Å². The number of aromatic nitrogens is 2. The lowest BCUT2D eigenvalue weighted by molar-refractivity contribution is 0.0695. The van der Waals surface area contributed by atoms with E-state index in [0.717, 1.165) is 9.35 Å². The van der Waals surface area contributed by atoms with Crippen molar-refractivity contribution in [2.45, 2.75) is 13.5 Å². The number of thiophene rings is 1. The molecule has 0 saturated heterocycles. The maximum atomic E-state index is 10.8. The van der Waals surface area contributed by atoms with Gasteiger partial charge in [0.05, 0.1) is 17.8 Å². The molecule has 5 nitrogen and oxygen atoms in total. The van der Waals surface area contributed by atoms with Crippen LogP contribution in [0.3, 0.4) is 0 Å². The fourth-order valence-corrected chi connectivity index (χ4v) is 2.80. The molecule has 0 bridgehead atoms. The fourth-order valence-electron chi connectivity index (χ4n) is 1.37. The number of aromatic carboxylic acids is 1. The topological polar surface area (TPSA) is 75.1 Å². The summed E-state index contributed by atoms with van der Waals surface area (Å²) in [5.41, 5.74) is 0.572. The van der Waals surface area contributed by atoms with Crippen molar-refractivity contribution < 1.29 is 9.90 Å². The van der Waals surface area contributed by atoms with Gasteiger partial charge in [0.1, 0.15) is 0 Å². The molecule has 0 aliphatic carbocycles. The van der Waals surface area contributed by atoms with Gasteiger partial charge >= 0.3 is 5.97 Å². The zero-order chi connectivity index (χ0) is 13.1. The Bertz CT molecular complexity index is 585. The van der Waals surface area contributed by atoms with Crippen molar-refractivity contribution in [3.05, 3.63) is 38.3 Å². The smallest absolute Gasteiger partial charge is 0.339 e. The lowest BCUT2D eigenvalue weighted by Crippen LogP contribution is -2.08. The van der Waals surface area contributed by atoms with Crippen molar-refractivity contribution in [3.63, 3.8) is 0 Å². The number of rotatable bonds is 4. The Balaban J connectivity index is 2.09. The molecule has 2 aromatic rings. The molecule has 2 aromatic heterocycles. The number of hydrogen-bond donors (Lipinski definition) is 2. The Morgan fingerprint density at radius 3 is 2.94 bits per heavy atom. The molecule has 0 atom stereocenters. The second-order valence-electron chi connectivity index (χ2n) is 3.54. The molecule has 0 radical (unpaired) electrons. The zero-order valence-corrected chi connectivity index (χ0v) is 11.9. The molecule has 0 spiro atoms. The van der Waals surface area contributed by atoms with Crippen LogP contribution in [0, 0.1) is 6.92 Å². The van der Waals surface area contributed by atoms with Crippen LogP contribution in [0.4, 0.5) is 5.95 Å². The summed E-state index contributed by atoms with van der Waals surface area (Å²) in [7, 11) is 0. The maximum Gasteiger partial charge on any atom is 0.339 e. The van der Waals surface area contributed by atoms with E-state index in [-0.39, 0.29) is 5.56 Å². The van der Waals surface area contributed by atoms with Gasteiger partial charge in [-0.3, -0.25) is 0 Å². The molecule has 2 rings (SSSR count). The normalized spacial score (nSPS) is 10.3. The van der Waals surface area contributed by atoms with E-state index < -0.39 is 5.97 Å². The second kappa shape index (κ2) is 5.45. The van der Waals surface area contributed by atoms with E-state index in [1.807, 2.05) is 11.4 Å². The summed E-state index contributed by atoms with van der Waals surface area (Å²) in [6.45, 7) is 2.25. The first-order chi connectivity index (χ1) is 8.58. The third-order valence-electron chi connectivity index (χ3n) is 2.31. The standard InChI is InChI=1S/C11H10BrN3O2S/c1-6-7(10(16)17)4-13-11(15-6)14-5-9-8(12)2-3-18-9/h2-4H,5H2,1H3,(H,16,17)(H,13,14,15). The predicted octanol–water partition coefficient (Wildman–Crippen LogP) is 2.92. The molecule has 0 amide bonds. The van der Waals surface area contributed by atoms with Crippen LogP contribution >= 0.6 is 27.3 Å². The molecule has 0 aliphatic rings. The fraction of sp³-hybridized carbons (Fsp3) is 0.182. The van der Waals surface area contributed by atoms with Crippen LogP contribution in [0.5, 0.6) is 0 Å². The minimum Gasteiger partial charge on any atom is -0.478 e. The van der Waals surface area contributed by atoms with Crippen LogP contribution in [0.25, 0.3) is 0 Å². The largest absolute Gasteiger partial charge is 0.478 e. The molecular formula is C11H10BrN3O2S. The van der Waals surface area contributed by atoms with Gasteiger partial charge in [0.15, 0.2) is 0 Å². The van der Waals surface area contributed by atoms with Crippen molar-refractivity contribution in [1.29, 1.82) is 0 Å². The number of aryl methyl sites for hydroxylation is 1. The molecule has 0 aliphatic heterocycles. The Morgan fingerprint density at radius 1 is 1.61 bits per heavy atom. The lowest BCUT2D eigenvalue weighted by atomic mass is 10.2. The van der Waals surface area contributed by atoms with Gasteiger partial charge in [-0.25, -0.2) is 14.8 Å². The van der Waals surface area contributed by atoms with Crippen LogP contribution in [0.1, 0.15) is 20.9 Å². The van der Waals surface area contributed by atoms with Gasteiger partial charge in [0.25, 0.3) is 0 Å². The molecule has 7 heteroatoms. The molecule has 94 valence electrons. The first kappa shape index (κ1) is 13.0. The van der Waals surface area contributed by atoms with E-state index in [2.05, 4.69) is 31.2 Å². The zero-order valence-electron chi connectivity index (χ0n) is 9.48. The second-order valence-corrected chi connectivity index (χ2v) is 5.40. The van der Waals surface area contributed by atoms with Crippen LogP contribution in [0.2, 0.25) is 0 Å². The molecule has 0 unspecified atom stereocenters. The van der Waals surface area contributed by atoms with Gasteiger partial charge in [-0.2, -0.15) is 0 Å². The number of carboxylic acids is 1. The average molecular weight is 328 g/mol. The summed E-state index contributed by atoms with van der Waals surface area (Å²) in [5.74, 6) is -0.585. The number of carboxylic acid groups (broad SMARTS) is 1. The first-order valence-electron chi connectivity index (χ1n) is 5.10. The van der Waals surface area contributed by atoms with Crippen LogP contribution < -0.4 is 5.32 Å². The number of nitrogens with zero attached hydrogens (tertiary/aromatic N) is 2. The Morgan fingerprint density at radius 2 is 2.39 bits per heavy atom. The van der Waals surface area contributed by atoms with E-state index in [1.165, 1.54) is 6.20 Å². The molecule has 0 fully saturated rings. The SMILES string of the molecule is Cc1nc(NCc2sccc2Br)ncc1C(=O)O. The van der Waals surface area contributed by atoms with Gasteiger partial charge in [0.2, 0.25) is 5.95 Å². The third kappa shape index (κ3) is 2.85. The van der Waals surface area contributed by atoms with E-state index in [9.17, 15) is 4.79 Å². The van der Waals surface area contributed by atoms with E-state index >= 15 is 0 Å². The summed E-state index contributed by atoms with van der Waals surface area (Å²) >= 11 is 5.06. The van der Waals surface area contributed by atoms with Gasteiger partial charge < -0.3 is 10.4 Å². The average Bonchev–Trinajstić information content (AvgIpc) is 2.72. The van der Waals surface area contributed by atoms with Crippen molar-refractivity contribution in [3.8, 4) is 0 Å². The van der Waals surface area contributed by atoms with Crippen molar-refractivity contribution in [2.24, 2.45) is 0 Å². The quantitative estimate of drug-likeness (QED) is 0.903. The van der Waals surface area contributed by atoms with E-state index in [1.54, 1.807) is 18.3 Å². The molecule has 2 N–H and O–H groups in total. The Hall–Kier alpha value is -1.47. The highest BCUT2D eigenvalue weighted by molar-refractivity contribution is 9.10. The monoisotopic (exact) mass is 327 g/mol. The van der Waals surface area contributed by atoms with Crippen molar-refractivity contribution in [1.82, 2.24) is 9.97 Å². The highest BCUT2D eigenvalue weighted by Crippen LogP contribution is 2.23. The number of nitrogens with one attached hydrogen (secondary N) is 1. The highest BCUT2D eigenvalue weighted by atomic mass is 79.9. The molecular weight excluding hydrogens is 318 g/mol. The van der Waals surface area contributed by atoms with E-state index in [0.29, 0.717) is 18.2 Å². The number of halogens is 1. The Labute approximate surface area is 116 Å². The number of hydrogen-bond acceptors (Lipinski definition) is 5. The van der Waals surface area contributed by atoms with Crippen LogP contribution in [0.15, 0.2) is 22.1 Å². The van der Waals surface area contributed by atoms with Crippen LogP contribution in [-0.2, 0) is 6.54 Å². The maximum absolute atomic E-state index is 10.8. The molecule has 2 heterocycles. The summed E-state index contributed by atoms with van der Waals surface area (Å²) < 4.78 is 1.04. The van der Waals surface area contributed by atoms with E-state index in [4.69, 9.17) is 5.11 Å². The number of carbonyl (C=O) groups is 1. The summed E-state index contributed by atoms with van der Waals surface area (Å²) in [4.78, 5) is 20.0. The highest BCUT2D eigenvalue weighted by Gasteiger charge is 2.10. The molecule has 0 saturated carbocycles. The summed E-state index contributed by atoms with van der Waals surface area (Å²) in [5, 5.41) is 13.9. The van der Waals surface area contributed by atoms with Crippen molar-refractivity contribution >= 4 is 39.2 Å². The number of anilines is 1. The summed E-state index contributed by atoms with van der Waals surface area (Å²) in [6.07, 6.45) is 1.32.